The quantitative estimate of drug-likeness (QED) is 0.428. The number of rotatable bonds is 4. The minimum atomic E-state index is -2.85. The Bertz CT molecular complexity index is 214. The Kier molecular flexibility index (Phi) is 5.09. The number of quaternary nitrogens is 1. The van der Waals surface area contributed by atoms with Crippen LogP contribution in [-0.2, 0) is 18.2 Å². The van der Waals surface area contributed by atoms with E-state index in [0.717, 1.165) is 11.0 Å². The topological polar surface area (TPSA) is 50.4 Å². The van der Waals surface area contributed by atoms with Crippen LogP contribution in [0.4, 0.5) is 4.79 Å². The van der Waals surface area contributed by atoms with E-state index in [9.17, 15) is 4.79 Å². The molecule has 1 rings (SSSR count). The summed E-state index contributed by atoms with van der Waals surface area (Å²) in [5.74, 6) is 0. The Balaban J connectivity index is 0.00000169. The summed E-state index contributed by atoms with van der Waals surface area (Å²) in [6.45, 7) is 1.43. The van der Waals surface area contributed by atoms with Crippen molar-refractivity contribution in [2.24, 2.45) is 0 Å². The Morgan fingerprint density at radius 3 is 2.29 bits per heavy atom. The molecule has 88 valence electrons. The normalized spacial score (nSPS) is 21.0. The third kappa shape index (κ3) is 4.76. The van der Waals surface area contributed by atoms with Crippen LogP contribution >= 0.6 is 9.69 Å². The van der Waals surface area contributed by atoms with Gasteiger partial charge < -0.3 is 12.4 Å². The maximum Gasteiger partial charge on any atom is -1.00 e. The fraction of sp³-hybridized carbons (Fsp3) is 0.833. The molecule has 1 aliphatic heterocycles. The monoisotopic (exact) mass is 333 g/mol. The summed E-state index contributed by atoms with van der Waals surface area (Å²) in [6, 6.07) is -0.230. The number of carbonyl (C=O) groups is 1. The van der Waals surface area contributed by atoms with E-state index in [1.807, 2.05) is 0 Å². The molecular formula is C6H15Cl2N3O2Ru. The molecule has 1 saturated heterocycles. The van der Waals surface area contributed by atoms with Crippen LogP contribution in [0.5, 0.6) is 0 Å². The zero-order chi connectivity index (χ0) is 10.1. The fourth-order valence-electron chi connectivity index (χ4n) is 0.663. The molecule has 0 aromatic carbocycles. The van der Waals surface area contributed by atoms with E-state index in [2.05, 4.69) is 29.3 Å². The van der Waals surface area contributed by atoms with Gasteiger partial charge >= 0.3 is 85.6 Å². The SMILES string of the molecule is C[N+](C)(C)CC[O][Ru]1([Cl])[NH]C(=O)[NH]1.[Cl-]. The zero-order valence-corrected chi connectivity index (χ0v) is 11.5. The smallest absolute Gasteiger partial charge is 1.00 e. The van der Waals surface area contributed by atoms with Gasteiger partial charge in [0.25, 0.3) is 0 Å². The predicted octanol–water partition coefficient (Wildman–Crippen LogP) is -2.92. The summed E-state index contributed by atoms with van der Waals surface area (Å²) in [5.41, 5.74) is 0. The van der Waals surface area contributed by atoms with Crippen LogP contribution < -0.4 is 20.5 Å². The van der Waals surface area contributed by atoms with E-state index in [0.29, 0.717) is 6.61 Å². The molecule has 1 heterocycles. The van der Waals surface area contributed by atoms with Crippen LogP contribution in [0.3, 0.4) is 0 Å². The number of nitrogens with zero attached hydrogens (tertiary/aromatic N) is 1. The molecule has 0 aliphatic carbocycles. The van der Waals surface area contributed by atoms with Crippen LogP contribution in [0.25, 0.3) is 0 Å². The van der Waals surface area contributed by atoms with E-state index in [4.69, 9.17) is 13.3 Å². The van der Waals surface area contributed by atoms with Gasteiger partial charge in [-0.3, -0.25) is 0 Å². The van der Waals surface area contributed by atoms with Crippen LogP contribution in [0.15, 0.2) is 0 Å². The first-order valence-electron chi connectivity index (χ1n) is 3.78. The molecule has 2 N–H and O–H groups in total. The van der Waals surface area contributed by atoms with Crippen LogP contribution in [0, 0.1) is 0 Å². The van der Waals surface area contributed by atoms with Crippen molar-refractivity contribution in [1.29, 1.82) is 0 Å². The van der Waals surface area contributed by atoms with Crippen molar-refractivity contribution in [3.05, 3.63) is 0 Å². The van der Waals surface area contributed by atoms with E-state index in [1.54, 1.807) is 0 Å². The number of hydrogen-bond donors (Lipinski definition) is 2. The minimum absolute atomic E-state index is 0. The number of likely N-dealkylation sites (N-methyl/N-ethyl adjacent to an activating group) is 1. The predicted molar refractivity (Wildman–Crippen MR) is 46.4 cm³/mol. The summed E-state index contributed by atoms with van der Waals surface area (Å²) >= 11 is -2.85. The number of carbonyl (C=O) groups excluding carboxylic acids is 1. The standard InChI is InChI=1S/C5H13NO.CH3N2O.2ClH.Ru/c1-6(2,3)4-5-7;2-1(3)4;;;/h4-5H2,1-3H3;(H3-,2,3,4);2*1H;/q;-1;;;+4/p-3. The van der Waals surface area contributed by atoms with Crippen molar-refractivity contribution < 1.29 is 39.9 Å². The van der Waals surface area contributed by atoms with Gasteiger partial charge in [-0.1, -0.05) is 0 Å². The molecule has 5 nitrogen and oxygen atoms in total. The molecule has 0 saturated carbocycles. The van der Waals surface area contributed by atoms with Gasteiger partial charge in [-0.15, -0.1) is 0 Å². The van der Waals surface area contributed by atoms with Crippen LogP contribution in [0.2, 0.25) is 0 Å². The van der Waals surface area contributed by atoms with E-state index in [-0.39, 0.29) is 18.4 Å². The van der Waals surface area contributed by atoms with Gasteiger partial charge in [0, 0.05) is 0 Å². The van der Waals surface area contributed by atoms with Gasteiger partial charge in [0.15, 0.2) is 0 Å². The minimum Gasteiger partial charge on any atom is -1.00 e. The Morgan fingerprint density at radius 2 is 1.93 bits per heavy atom. The first kappa shape index (κ1) is 14.4. The summed E-state index contributed by atoms with van der Waals surface area (Å²) < 4.78 is 11.3. The maximum absolute atomic E-state index is 10.5. The van der Waals surface area contributed by atoms with Gasteiger partial charge in [-0.25, -0.2) is 0 Å². The number of hydrogen-bond acceptors (Lipinski definition) is 2. The summed E-state index contributed by atoms with van der Waals surface area (Å²) in [7, 11) is 12.1. The molecule has 0 atom stereocenters. The molecule has 0 aromatic rings. The summed E-state index contributed by atoms with van der Waals surface area (Å²) in [5, 5.41) is 0. The number of halogens is 2. The summed E-state index contributed by atoms with van der Waals surface area (Å²) in [6.07, 6.45) is 0. The third-order valence-corrected chi connectivity index (χ3v) is 5.56. The molecular weight excluding hydrogens is 318 g/mol. The average Bonchev–Trinajstić information content (AvgIpc) is 1.80. The van der Waals surface area contributed by atoms with Crippen molar-refractivity contribution in [3.8, 4) is 0 Å². The second-order valence-electron chi connectivity index (χ2n) is 3.75. The maximum atomic E-state index is 10.5. The average molecular weight is 333 g/mol. The number of amides is 2. The molecule has 0 aromatic heterocycles. The van der Waals surface area contributed by atoms with Crippen molar-refractivity contribution in [3.63, 3.8) is 0 Å². The third-order valence-electron chi connectivity index (χ3n) is 1.36. The Labute approximate surface area is 97.9 Å². The van der Waals surface area contributed by atoms with Crippen LogP contribution in [0.1, 0.15) is 0 Å². The summed E-state index contributed by atoms with van der Waals surface area (Å²) in [4.78, 5) is 10.5. The first-order valence-corrected chi connectivity index (χ1v) is 8.47. The van der Waals surface area contributed by atoms with Crippen molar-refractivity contribution in [2.45, 2.75) is 0 Å². The van der Waals surface area contributed by atoms with Gasteiger partial charge in [-0.2, -0.15) is 0 Å². The molecule has 0 radical (unpaired) electrons. The molecule has 1 fully saturated rings. The zero-order valence-electron chi connectivity index (χ0n) is 8.29. The molecule has 2 amide bonds. The van der Waals surface area contributed by atoms with Crippen molar-refractivity contribution in [1.82, 2.24) is 8.12 Å². The van der Waals surface area contributed by atoms with E-state index in [1.165, 1.54) is 0 Å². The molecule has 0 unspecified atom stereocenters. The molecule has 0 spiro atoms. The van der Waals surface area contributed by atoms with Crippen molar-refractivity contribution >= 4 is 15.7 Å². The van der Waals surface area contributed by atoms with Gasteiger partial charge in [0.1, 0.15) is 0 Å². The first-order chi connectivity index (χ1) is 5.81. The molecule has 14 heavy (non-hydrogen) atoms. The number of nitrogens with one attached hydrogen (secondary N) is 2. The van der Waals surface area contributed by atoms with Crippen LogP contribution in [-0.4, -0.2) is 44.8 Å². The second-order valence-corrected chi connectivity index (χ2v) is 9.41. The van der Waals surface area contributed by atoms with Crippen molar-refractivity contribution in [2.75, 3.05) is 34.3 Å². The van der Waals surface area contributed by atoms with Gasteiger partial charge in [0.2, 0.25) is 0 Å². The Morgan fingerprint density at radius 1 is 1.43 bits per heavy atom. The Hall–Kier alpha value is 0.393. The van der Waals surface area contributed by atoms with E-state index < -0.39 is 14.6 Å². The second kappa shape index (κ2) is 4.95. The number of urea groups is 1. The van der Waals surface area contributed by atoms with E-state index >= 15 is 0 Å². The largest absolute Gasteiger partial charge is 1.00 e. The molecule has 8 heteroatoms. The molecule has 1 aliphatic rings. The van der Waals surface area contributed by atoms with Gasteiger partial charge in [0.05, 0.1) is 0 Å². The fourth-order valence-corrected chi connectivity index (χ4v) is 3.62. The van der Waals surface area contributed by atoms with Gasteiger partial charge in [-0.05, 0) is 0 Å². The molecule has 0 bridgehead atoms.